The van der Waals surface area contributed by atoms with E-state index in [1.165, 1.54) is 0 Å². The Labute approximate surface area is 177 Å². The van der Waals surface area contributed by atoms with Crippen LogP contribution in [0, 0.1) is 5.92 Å². The van der Waals surface area contributed by atoms with Crippen molar-refractivity contribution in [2.45, 2.75) is 45.6 Å². The lowest BCUT2D eigenvalue weighted by Crippen LogP contribution is -2.41. The van der Waals surface area contributed by atoms with Crippen molar-refractivity contribution in [3.63, 3.8) is 0 Å². The maximum Gasteiger partial charge on any atom is 0.273 e. The molecule has 0 spiro atoms. The van der Waals surface area contributed by atoms with Crippen LogP contribution in [-0.2, 0) is 11.2 Å². The van der Waals surface area contributed by atoms with Gasteiger partial charge in [0.25, 0.3) is 5.91 Å². The summed E-state index contributed by atoms with van der Waals surface area (Å²) in [5.74, 6) is 1.10. The van der Waals surface area contributed by atoms with E-state index in [1.807, 2.05) is 43.0 Å². The quantitative estimate of drug-likeness (QED) is 0.718. The van der Waals surface area contributed by atoms with Crippen LogP contribution in [0.2, 0.25) is 0 Å². The van der Waals surface area contributed by atoms with Crippen LogP contribution >= 0.6 is 0 Å². The minimum Gasteiger partial charge on any atom is -0.497 e. The van der Waals surface area contributed by atoms with Crippen LogP contribution in [0.4, 0.5) is 0 Å². The molecule has 162 valence electrons. The summed E-state index contributed by atoms with van der Waals surface area (Å²) >= 11 is 0. The predicted octanol–water partition coefficient (Wildman–Crippen LogP) is 2.47. The third kappa shape index (κ3) is 5.81. The fourth-order valence-electron chi connectivity index (χ4n) is 3.58. The summed E-state index contributed by atoms with van der Waals surface area (Å²) < 4.78 is 6.98. The first-order chi connectivity index (χ1) is 14.5. The van der Waals surface area contributed by atoms with E-state index in [4.69, 9.17) is 4.74 Å². The van der Waals surface area contributed by atoms with Gasteiger partial charge < -0.3 is 15.0 Å². The van der Waals surface area contributed by atoms with E-state index in [9.17, 15) is 9.59 Å². The molecule has 1 saturated heterocycles. The zero-order chi connectivity index (χ0) is 21.5. The van der Waals surface area contributed by atoms with E-state index in [0.717, 1.165) is 30.7 Å². The molecule has 1 aliphatic rings. The molecule has 8 heteroatoms. The third-order valence-electron chi connectivity index (χ3n) is 5.30. The number of piperidine rings is 1. The van der Waals surface area contributed by atoms with Gasteiger partial charge in [0, 0.05) is 26.1 Å². The van der Waals surface area contributed by atoms with E-state index in [-0.39, 0.29) is 17.9 Å². The lowest BCUT2D eigenvalue weighted by atomic mass is 10.0. The van der Waals surface area contributed by atoms with Crippen LogP contribution in [0.25, 0.3) is 0 Å². The summed E-state index contributed by atoms with van der Waals surface area (Å²) in [5.41, 5.74) is 1.40. The lowest BCUT2D eigenvalue weighted by molar-refractivity contribution is -0.132. The lowest BCUT2D eigenvalue weighted by Gasteiger charge is -2.32. The fourth-order valence-corrected chi connectivity index (χ4v) is 3.58. The van der Waals surface area contributed by atoms with Crippen molar-refractivity contribution in [3.05, 3.63) is 41.7 Å². The first-order valence-electron chi connectivity index (χ1n) is 10.6. The molecule has 3 rings (SSSR count). The molecule has 1 aromatic heterocycles. The summed E-state index contributed by atoms with van der Waals surface area (Å²) in [7, 11) is 1.64. The molecule has 1 aliphatic heterocycles. The molecule has 1 N–H and O–H groups in total. The summed E-state index contributed by atoms with van der Waals surface area (Å²) in [6.45, 7) is 6.03. The third-order valence-corrected chi connectivity index (χ3v) is 5.30. The molecule has 0 radical (unpaired) electrons. The molecule has 1 atom stereocenters. The van der Waals surface area contributed by atoms with E-state index in [1.54, 1.807) is 18.0 Å². The summed E-state index contributed by atoms with van der Waals surface area (Å²) in [4.78, 5) is 26.8. The number of nitrogens with one attached hydrogen (secondary N) is 1. The number of benzene rings is 1. The second-order valence-electron chi connectivity index (χ2n) is 8.18. The van der Waals surface area contributed by atoms with Crippen molar-refractivity contribution < 1.29 is 14.3 Å². The second-order valence-corrected chi connectivity index (χ2v) is 8.18. The molecule has 1 fully saturated rings. The van der Waals surface area contributed by atoms with Crippen LogP contribution in [0.1, 0.15) is 55.2 Å². The minimum absolute atomic E-state index is 0.0404. The van der Waals surface area contributed by atoms with Crippen LogP contribution in [0.5, 0.6) is 5.75 Å². The Morgan fingerprint density at radius 1 is 1.33 bits per heavy atom. The number of ether oxygens (including phenoxy) is 1. The molecular weight excluding hydrogens is 382 g/mol. The molecule has 0 aliphatic carbocycles. The predicted molar refractivity (Wildman–Crippen MR) is 113 cm³/mol. The topological polar surface area (TPSA) is 89.4 Å². The van der Waals surface area contributed by atoms with Crippen molar-refractivity contribution in [1.29, 1.82) is 0 Å². The molecule has 8 nitrogen and oxygen atoms in total. The highest BCUT2D eigenvalue weighted by molar-refractivity contribution is 5.91. The normalized spacial score (nSPS) is 16.5. The number of carbonyl (C=O) groups is 2. The first kappa shape index (κ1) is 21.8. The van der Waals surface area contributed by atoms with Gasteiger partial charge in [-0.15, -0.1) is 5.10 Å². The Hall–Kier alpha value is -2.90. The second kappa shape index (κ2) is 10.2. The van der Waals surface area contributed by atoms with Crippen LogP contribution in [0.15, 0.2) is 30.5 Å². The number of nitrogens with zero attached hydrogens (tertiary/aromatic N) is 4. The standard InChI is InChI=1S/C22H31N5O3/c1-16(2)13-23-22(29)20-15-27(25-24-20)18-7-5-11-26(14-18)21(28)10-9-17-6-4-8-19(12-17)30-3/h4,6,8,12,15-16,18H,5,7,9-11,13-14H2,1-3H3,(H,23,29)/t18-/m0/s1. The van der Waals surface area contributed by atoms with Crippen LogP contribution in [-0.4, -0.2) is 58.5 Å². The van der Waals surface area contributed by atoms with Crippen LogP contribution in [0.3, 0.4) is 0 Å². The molecule has 0 unspecified atom stereocenters. The monoisotopic (exact) mass is 413 g/mol. The first-order valence-corrected chi connectivity index (χ1v) is 10.6. The van der Waals surface area contributed by atoms with Gasteiger partial charge in [-0.2, -0.15) is 0 Å². The van der Waals surface area contributed by atoms with E-state index >= 15 is 0 Å². The molecule has 0 bridgehead atoms. The number of carbonyl (C=O) groups excluding carboxylic acids is 2. The van der Waals surface area contributed by atoms with Gasteiger partial charge in [-0.3, -0.25) is 9.59 Å². The van der Waals surface area contributed by atoms with Crippen molar-refractivity contribution in [3.8, 4) is 5.75 Å². The van der Waals surface area contributed by atoms with Crippen LogP contribution < -0.4 is 10.1 Å². The number of aromatic nitrogens is 3. The average molecular weight is 414 g/mol. The van der Waals surface area contributed by atoms with E-state index in [0.29, 0.717) is 37.5 Å². The highest BCUT2D eigenvalue weighted by Gasteiger charge is 2.26. The maximum atomic E-state index is 12.8. The molecule has 2 heterocycles. The van der Waals surface area contributed by atoms with Crippen molar-refractivity contribution in [1.82, 2.24) is 25.2 Å². The number of methoxy groups -OCH3 is 1. The number of hydrogen-bond donors (Lipinski definition) is 1. The van der Waals surface area contributed by atoms with Gasteiger partial charge in [0.15, 0.2) is 5.69 Å². The van der Waals surface area contributed by atoms with Gasteiger partial charge >= 0.3 is 0 Å². The van der Waals surface area contributed by atoms with Gasteiger partial charge in [-0.05, 0) is 42.9 Å². The highest BCUT2D eigenvalue weighted by atomic mass is 16.5. The van der Waals surface area contributed by atoms with Gasteiger partial charge in [0.05, 0.1) is 19.3 Å². The van der Waals surface area contributed by atoms with Gasteiger partial charge in [0.1, 0.15) is 5.75 Å². The Morgan fingerprint density at radius 2 is 2.17 bits per heavy atom. The van der Waals surface area contributed by atoms with Gasteiger partial charge in [0.2, 0.25) is 5.91 Å². The molecule has 1 aromatic carbocycles. The maximum absolute atomic E-state index is 12.8. The number of aryl methyl sites for hydroxylation is 1. The number of amides is 2. The minimum atomic E-state index is -0.211. The van der Waals surface area contributed by atoms with E-state index < -0.39 is 0 Å². The average Bonchev–Trinajstić information content (AvgIpc) is 3.26. The number of hydrogen-bond acceptors (Lipinski definition) is 5. The van der Waals surface area contributed by atoms with Gasteiger partial charge in [-0.25, -0.2) is 4.68 Å². The molecule has 0 saturated carbocycles. The van der Waals surface area contributed by atoms with Gasteiger partial charge in [-0.1, -0.05) is 31.2 Å². The number of likely N-dealkylation sites (tertiary alicyclic amines) is 1. The molecule has 2 aromatic rings. The summed E-state index contributed by atoms with van der Waals surface area (Å²) in [6.07, 6.45) is 4.64. The van der Waals surface area contributed by atoms with Crippen molar-refractivity contribution >= 4 is 11.8 Å². The Balaban J connectivity index is 1.54. The Bertz CT molecular complexity index is 864. The largest absolute Gasteiger partial charge is 0.497 e. The fraction of sp³-hybridized carbons (Fsp3) is 0.545. The number of rotatable bonds is 8. The molecule has 30 heavy (non-hydrogen) atoms. The van der Waals surface area contributed by atoms with Crippen molar-refractivity contribution in [2.75, 3.05) is 26.7 Å². The molecule has 2 amide bonds. The zero-order valence-electron chi connectivity index (χ0n) is 18.0. The van der Waals surface area contributed by atoms with Crippen molar-refractivity contribution in [2.24, 2.45) is 5.92 Å². The summed E-state index contributed by atoms with van der Waals surface area (Å²) in [5, 5.41) is 11.0. The smallest absolute Gasteiger partial charge is 0.273 e. The zero-order valence-corrected chi connectivity index (χ0v) is 18.0. The Kier molecular flexibility index (Phi) is 7.43. The SMILES string of the molecule is COc1cccc(CCC(=O)N2CCC[C@H](n3cc(C(=O)NCC(C)C)nn3)C2)c1. The highest BCUT2D eigenvalue weighted by Crippen LogP contribution is 2.22. The van der Waals surface area contributed by atoms with E-state index in [2.05, 4.69) is 15.6 Å². The molecular formula is C22H31N5O3. The summed E-state index contributed by atoms with van der Waals surface area (Å²) in [6, 6.07) is 7.85. The Morgan fingerprint density at radius 3 is 2.93 bits per heavy atom.